The van der Waals surface area contributed by atoms with Crippen LogP contribution < -0.4 is 0 Å². The van der Waals surface area contributed by atoms with Gasteiger partial charge in [-0.2, -0.15) is 0 Å². The number of carbonyl (C=O) groups excluding carboxylic acids is 1. The fourth-order valence-corrected chi connectivity index (χ4v) is 1.62. The van der Waals surface area contributed by atoms with Crippen LogP contribution in [-0.4, -0.2) is 5.78 Å². The van der Waals surface area contributed by atoms with Crippen LogP contribution in [0, 0.1) is 11.3 Å². The molecule has 1 aliphatic rings. The predicted molar refractivity (Wildman–Crippen MR) is 41.9 cm³/mol. The Morgan fingerprint density at radius 2 is 2.30 bits per heavy atom. The zero-order valence-corrected chi connectivity index (χ0v) is 7.03. The smallest absolute Gasteiger partial charge is 0.139 e. The third-order valence-corrected chi connectivity index (χ3v) is 2.62. The van der Waals surface area contributed by atoms with Gasteiger partial charge in [0.05, 0.1) is 0 Å². The zero-order chi connectivity index (χ0) is 7.94. The lowest BCUT2D eigenvalue weighted by Crippen LogP contribution is -2.45. The van der Waals surface area contributed by atoms with E-state index in [-0.39, 0.29) is 11.3 Å². The first-order valence-electron chi connectivity index (χ1n) is 3.34. The molecule has 0 aliphatic heterocycles. The average molecular weight is 159 g/mol. The van der Waals surface area contributed by atoms with E-state index in [4.69, 9.17) is 11.6 Å². The van der Waals surface area contributed by atoms with Gasteiger partial charge in [0.15, 0.2) is 0 Å². The van der Waals surface area contributed by atoms with Crippen LogP contribution in [0.5, 0.6) is 0 Å². The molecule has 56 valence electrons. The molecule has 0 spiro atoms. The summed E-state index contributed by atoms with van der Waals surface area (Å²) >= 11 is 5.68. The van der Waals surface area contributed by atoms with Crippen molar-refractivity contribution in [2.45, 2.75) is 20.3 Å². The highest BCUT2D eigenvalue weighted by atomic mass is 35.5. The molecule has 1 unspecified atom stereocenters. The fraction of sp³-hybridized carbons (Fsp3) is 0.625. The minimum atomic E-state index is -0.251. The highest BCUT2D eigenvalue weighted by molar-refractivity contribution is 6.30. The van der Waals surface area contributed by atoms with E-state index >= 15 is 0 Å². The Labute approximate surface area is 66.1 Å². The van der Waals surface area contributed by atoms with E-state index in [9.17, 15) is 4.79 Å². The van der Waals surface area contributed by atoms with Crippen LogP contribution in [0.25, 0.3) is 0 Å². The van der Waals surface area contributed by atoms with Crippen LogP contribution in [0.1, 0.15) is 20.3 Å². The summed E-state index contributed by atoms with van der Waals surface area (Å²) in [5, 5.41) is 0.615. The summed E-state index contributed by atoms with van der Waals surface area (Å²) in [6, 6.07) is 0. The monoisotopic (exact) mass is 158 g/mol. The molecule has 0 bridgehead atoms. The lowest BCUT2D eigenvalue weighted by molar-refractivity contribution is -0.140. The van der Waals surface area contributed by atoms with Gasteiger partial charge in [0, 0.05) is 22.8 Å². The van der Waals surface area contributed by atoms with E-state index in [0.29, 0.717) is 17.2 Å². The first-order chi connectivity index (χ1) is 4.46. The first kappa shape index (κ1) is 7.80. The molecule has 1 aliphatic carbocycles. The largest absolute Gasteiger partial charge is 0.299 e. The van der Waals surface area contributed by atoms with E-state index in [1.165, 1.54) is 0 Å². The van der Waals surface area contributed by atoms with Gasteiger partial charge in [0.2, 0.25) is 0 Å². The molecule has 0 aromatic heterocycles. The van der Waals surface area contributed by atoms with Crippen molar-refractivity contribution in [3.8, 4) is 0 Å². The topological polar surface area (TPSA) is 17.1 Å². The summed E-state index contributed by atoms with van der Waals surface area (Å²) in [4.78, 5) is 11.0. The molecule has 0 aromatic rings. The van der Waals surface area contributed by atoms with Crippen LogP contribution in [0.4, 0.5) is 0 Å². The van der Waals surface area contributed by atoms with Gasteiger partial charge in [-0.3, -0.25) is 4.79 Å². The van der Waals surface area contributed by atoms with Crippen molar-refractivity contribution in [3.05, 3.63) is 11.6 Å². The Morgan fingerprint density at radius 3 is 2.40 bits per heavy atom. The molecule has 0 amide bonds. The minimum Gasteiger partial charge on any atom is -0.299 e. The van der Waals surface area contributed by atoms with Crippen molar-refractivity contribution >= 4 is 17.4 Å². The van der Waals surface area contributed by atoms with Crippen LogP contribution in [0.15, 0.2) is 11.6 Å². The second kappa shape index (κ2) is 2.09. The molecule has 0 aromatic carbocycles. The van der Waals surface area contributed by atoms with Crippen molar-refractivity contribution in [1.82, 2.24) is 0 Å². The molecule has 1 nitrogen and oxygen atoms in total. The number of allylic oxidation sites excluding steroid dienone is 1. The Hall–Kier alpha value is -0.300. The first-order valence-corrected chi connectivity index (χ1v) is 3.71. The molecular weight excluding hydrogens is 148 g/mol. The van der Waals surface area contributed by atoms with Crippen molar-refractivity contribution in [1.29, 1.82) is 0 Å². The Balaban J connectivity index is 2.72. The maximum Gasteiger partial charge on any atom is 0.139 e. The number of carbonyl (C=O) groups is 1. The SMILES string of the molecule is C=C(Cl)C1CC(=O)C1(C)C. The molecule has 10 heavy (non-hydrogen) atoms. The lowest BCUT2D eigenvalue weighted by Gasteiger charge is -2.41. The summed E-state index contributed by atoms with van der Waals surface area (Å²) < 4.78 is 0. The molecule has 1 saturated carbocycles. The van der Waals surface area contributed by atoms with Crippen LogP contribution in [0.3, 0.4) is 0 Å². The van der Waals surface area contributed by atoms with E-state index < -0.39 is 0 Å². The Kier molecular flexibility index (Phi) is 1.63. The van der Waals surface area contributed by atoms with Crippen LogP contribution in [0.2, 0.25) is 0 Å². The molecule has 1 rings (SSSR count). The third-order valence-electron chi connectivity index (χ3n) is 2.36. The van der Waals surface area contributed by atoms with Crippen molar-refractivity contribution in [2.24, 2.45) is 11.3 Å². The van der Waals surface area contributed by atoms with E-state index in [0.717, 1.165) is 0 Å². The van der Waals surface area contributed by atoms with Gasteiger partial charge in [0.1, 0.15) is 5.78 Å². The Bertz CT molecular complexity index is 193. The zero-order valence-electron chi connectivity index (χ0n) is 6.28. The fourth-order valence-electron chi connectivity index (χ4n) is 1.27. The van der Waals surface area contributed by atoms with Gasteiger partial charge in [-0.05, 0) is 0 Å². The molecule has 2 heteroatoms. The van der Waals surface area contributed by atoms with Crippen molar-refractivity contribution in [3.63, 3.8) is 0 Å². The average Bonchev–Trinajstić information content (AvgIpc) is 1.82. The summed E-state index contributed by atoms with van der Waals surface area (Å²) in [6.07, 6.45) is 0.579. The lowest BCUT2D eigenvalue weighted by atomic mass is 9.61. The minimum absolute atomic E-state index is 0.196. The van der Waals surface area contributed by atoms with Gasteiger partial charge in [-0.15, -0.1) is 0 Å². The molecule has 1 atom stereocenters. The van der Waals surface area contributed by atoms with Gasteiger partial charge in [0.25, 0.3) is 0 Å². The maximum atomic E-state index is 11.0. The second-order valence-electron chi connectivity index (χ2n) is 3.35. The summed E-state index contributed by atoms with van der Waals surface area (Å²) in [5.41, 5.74) is -0.251. The quantitative estimate of drug-likeness (QED) is 0.573. The highest BCUT2D eigenvalue weighted by Gasteiger charge is 2.47. The standard InChI is InChI=1S/C8H11ClO/c1-5(9)6-4-7(10)8(6,2)3/h6H,1,4H2,2-3H3. The van der Waals surface area contributed by atoms with Gasteiger partial charge in [-0.1, -0.05) is 32.0 Å². The van der Waals surface area contributed by atoms with Crippen molar-refractivity contribution in [2.75, 3.05) is 0 Å². The summed E-state index contributed by atoms with van der Waals surface area (Å²) in [7, 11) is 0. The molecule has 0 heterocycles. The van der Waals surface area contributed by atoms with E-state index in [1.54, 1.807) is 0 Å². The molecule has 0 saturated heterocycles. The number of hydrogen-bond acceptors (Lipinski definition) is 1. The Morgan fingerprint density at radius 1 is 1.80 bits per heavy atom. The van der Waals surface area contributed by atoms with Crippen molar-refractivity contribution < 1.29 is 4.79 Å². The summed E-state index contributed by atoms with van der Waals surface area (Å²) in [5.74, 6) is 0.487. The molecular formula is C8H11ClO. The van der Waals surface area contributed by atoms with Gasteiger partial charge >= 0.3 is 0 Å². The normalized spacial score (nSPS) is 29.5. The summed E-state index contributed by atoms with van der Waals surface area (Å²) in [6.45, 7) is 7.45. The van der Waals surface area contributed by atoms with E-state index in [1.807, 2.05) is 13.8 Å². The second-order valence-corrected chi connectivity index (χ2v) is 3.83. The highest BCUT2D eigenvalue weighted by Crippen LogP contribution is 2.47. The number of ketones is 1. The molecule has 1 fully saturated rings. The van der Waals surface area contributed by atoms with Gasteiger partial charge in [-0.25, -0.2) is 0 Å². The predicted octanol–water partition coefficient (Wildman–Crippen LogP) is 2.35. The maximum absolute atomic E-state index is 11.0. The number of rotatable bonds is 1. The van der Waals surface area contributed by atoms with E-state index in [2.05, 4.69) is 6.58 Å². The van der Waals surface area contributed by atoms with Crippen LogP contribution in [-0.2, 0) is 4.79 Å². The van der Waals surface area contributed by atoms with Crippen LogP contribution >= 0.6 is 11.6 Å². The third kappa shape index (κ3) is 0.891. The van der Waals surface area contributed by atoms with Gasteiger partial charge < -0.3 is 0 Å². The molecule has 0 N–H and O–H groups in total. The molecule has 0 radical (unpaired) electrons. The number of Topliss-reactive ketones (excluding diaryl/α,β-unsaturated/α-hetero) is 1. The number of hydrogen-bond donors (Lipinski definition) is 0. The number of halogens is 1.